The quantitative estimate of drug-likeness (QED) is 0.362. The minimum Gasteiger partial charge on any atom is -0.351 e. The number of halogens is 1. The monoisotopic (exact) mass is 453 g/mol. The Morgan fingerprint density at radius 1 is 1.19 bits per heavy atom. The molecule has 3 aromatic rings. The lowest BCUT2D eigenvalue weighted by atomic mass is 10.2. The molecule has 0 saturated heterocycles. The van der Waals surface area contributed by atoms with Crippen LogP contribution in [-0.4, -0.2) is 38.9 Å². The number of carbonyl (C=O) groups is 2. The average Bonchev–Trinajstić information content (AvgIpc) is 3.14. The molecule has 0 aliphatic rings. The van der Waals surface area contributed by atoms with Gasteiger partial charge in [0.1, 0.15) is 11.6 Å². The number of amides is 2. The number of nitrogens with zero attached hydrogens (tertiary/aromatic N) is 3. The Morgan fingerprint density at radius 2 is 2.00 bits per heavy atom. The van der Waals surface area contributed by atoms with Crippen LogP contribution in [0.1, 0.15) is 21.7 Å². The summed E-state index contributed by atoms with van der Waals surface area (Å²) in [5.74, 6) is -0.386. The molecule has 0 unspecified atom stereocenters. The predicted octanol–water partition coefficient (Wildman–Crippen LogP) is 3.61. The lowest BCUT2D eigenvalue weighted by Crippen LogP contribution is -2.27. The number of aromatic nitrogens is 3. The SMILES string of the molecule is C=CCn1c(CCNC(=O)c2ccccc2F)nnc1SCC(=O)Nc1cccc(C)c1. The zero-order chi connectivity index (χ0) is 22.9. The van der Waals surface area contributed by atoms with Gasteiger partial charge in [-0.3, -0.25) is 9.59 Å². The van der Waals surface area contributed by atoms with Crippen LogP contribution in [0, 0.1) is 12.7 Å². The Balaban J connectivity index is 1.56. The summed E-state index contributed by atoms with van der Waals surface area (Å²) in [6, 6.07) is 13.4. The molecule has 1 aromatic heterocycles. The highest BCUT2D eigenvalue weighted by atomic mass is 32.2. The summed E-state index contributed by atoms with van der Waals surface area (Å²) in [5.41, 5.74) is 1.80. The van der Waals surface area contributed by atoms with Gasteiger partial charge in [-0.25, -0.2) is 4.39 Å². The number of aryl methyl sites for hydroxylation is 1. The van der Waals surface area contributed by atoms with E-state index in [1.165, 1.54) is 30.0 Å². The van der Waals surface area contributed by atoms with E-state index < -0.39 is 11.7 Å². The second-order valence-electron chi connectivity index (χ2n) is 6.99. The first kappa shape index (κ1) is 23.2. The summed E-state index contributed by atoms with van der Waals surface area (Å²) in [7, 11) is 0. The topological polar surface area (TPSA) is 88.9 Å². The maximum Gasteiger partial charge on any atom is 0.254 e. The summed E-state index contributed by atoms with van der Waals surface area (Å²) in [6.07, 6.45) is 2.11. The van der Waals surface area contributed by atoms with Gasteiger partial charge in [-0.2, -0.15) is 0 Å². The Hall–Kier alpha value is -3.46. The molecule has 0 radical (unpaired) electrons. The molecule has 2 N–H and O–H groups in total. The molecule has 0 atom stereocenters. The van der Waals surface area contributed by atoms with Crippen LogP contribution in [0.25, 0.3) is 0 Å². The number of rotatable bonds is 10. The fraction of sp³-hybridized carbons (Fsp3) is 0.217. The van der Waals surface area contributed by atoms with Gasteiger partial charge in [0.25, 0.3) is 5.91 Å². The largest absolute Gasteiger partial charge is 0.351 e. The zero-order valence-corrected chi connectivity index (χ0v) is 18.5. The van der Waals surface area contributed by atoms with Crippen molar-refractivity contribution in [3.8, 4) is 0 Å². The number of nitrogens with one attached hydrogen (secondary N) is 2. The molecule has 0 fully saturated rings. The highest BCUT2D eigenvalue weighted by molar-refractivity contribution is 7.99. The van der Waals surface area contributed by atoms with Crippen molar-refractivity contribution in [1.29, 1.82) is 0 Å². The van der Waals surface area contributed by atoms with Crippen molar-refractivity contribution in [1.82, 2.24) is 20.1 Å². The molecule has 3 rings (SSSR count). The average molecular weight is 454 g/mol. The highest BCUT2D eigenvalue weighted by Crippen LogP contribution is 2.18. The van der Waals surface area contributed by atoms with Crippen molar-refractivity contribution in [2.45, 2.75) is 25.0 Å². The van der Waals surface area contributed by atoms with Crippen molar-refractivity contribution in [2.24, 2.45) is 0 Å². The molecule has 9 heteroatoms. The molecule has 0 bridgehead atoms. The van der Waals surface area contributed by atoms with E-state index in [4.69, 9.17) is 0 Å². The van der Waals surface area contributed by atoms with E-state index in [0.717, 1.165) is 11.3 Å². The Morgan fingerprint density at radius 3 is 2.75 bits per heavy atom. The molecule has 7 nitrogen and oxygen atoms in total. The van der Waals surface area contributed by atoms with Crippen molar-refractivity contribution in [3.05, 3.63) is 84.0 Å². The van der Waals surface area contributed by atoms with Gasteiger partial charge in [0.15, 0.2) is 5.16 Å². The van der Waals surface area contributed by atoms with E-state index >= 15 is 0 Å². The van der Waals surface area contributed by atoms with E-state index in [-0.39, 0.29) is 23.8 Å². The Labute approximate surface area is 190 Å². The van der Waals surface area contributed by atoms with Crippen LogP contribution in [0.3, 0.4) is 0 Å². The first-order chi connectivity index (χ1) is 15.5. The number of hydrogen-bond donors (Lipinski definition) is 2. The summed E-state index contributed by atoms with van der Waals surface area (Å²) in [4.78, 5) is 24.5. The van der Waals surface area contributed by atoms with Gasteiger partial charge < -0.3 is 15.2 Å². The minimum atomic E-state index is -0.567. The third kappa shape index (κ3) is 6.27. The second kappa shape index (κ2) is 11.2. The van der Waals surface area contributed by atoms with E-state index in [1.54, 1.807) is 12.1 Å². The van der Waals surface area contributed by atoms with Crippen molar-refractivity contribution in [2.75, 3.05) is 17.6 Å². The standard InChI is InChI=1S/C23H24FN5O2S/c1-3-13-29-20(11-12-25-22(31)18-9-4-5-10-19(18)24)27-28-23(29)32-15-21(30)26-17-8-6-7-16(2)14-17/h3-10,14H,1,11-13,15H2,2H3,(H,25,31)(H,26,30). The lowest BCUT2D eigenvalue weighted by Gasteiger charge is -2.09. The molecule has 2 amide bonds. The summed E-state index contributed by atoms with van der Waals surface area (Å²) in [6.45, 7) is 6.45. The van der Waals surface area contributed by atoms with Crippen LogP contribution >= 0.6 is 11.8 Å². The van der Waals surface area contributed by atoms with Gasteiger partial charge in [0, 0.05) is 25.2 Å². The van der Waals surface area contributed by atoms with Gasteiger partial charge in [-0.05, 0) is 36.8 Å². The number of benzene rings is 2. The fourth-order valence-corrected chi connectivity index (χ4v) is 3.77. The van der Waals surface area contributed by atoms with Crippen LogP contribution < -0.4 is 10.6 Å². The minimum absolute atomic E-state index is 0.00377. The van der Waals surface area contributed by atoms with Gasteiger partial charge in [0.05, 0.1) is 11.3 Å². The van der Waals surface area contributed by atoms with Crippen LogP contribution in [0.2, 0.25) is 0 Å². The highest BCUT2D eigenvalue weighted by Gasteiger charge is 2.15. The third-order valence-corrected chi connectivity index (χ3v) is 5.46. The van der Waals surface area contributed by atoms with E-state index in [9.17, 15) is 14.0 Å². The molecule has 32 heavy (non-hydrogen) atoms. The molecule has 0 aliphatic heterocycles. The first-order valence-electron chi connectivity index (χ1n) is 10.0. The van der Waals surface area contributed by atoms with Crippen LogP contribution in [0.5, 0.6) is 0 Å². The smallest absolute Gasteiger partial charge is 0.254 e. The van der Waals surface area contributed by atoms with Crippen molar-refractivity contribution < 1.29 is 14.0 Å². The van der Waals surface area contributed by atoms with Crippen molar-refractivity contribution in [3.63, 3.8) is 0 Å². The van der Waals surface area contributed by atoms with Gasteiger partial charge >= 0.3 is 0 Å². The van der Waals surface area contributed by atoms with Crippen molar-refractivity contribution >= 4 is 29.3 Å². The van der Waals surface area contributed by atoms with Gasteiger partial charge in [-0.15, -0.1) is 16.8 Å². The van der Waals surface area contributed by atoms with E-state index in [1.807, 2.05) is 35.8 Å². The molecule has 0 spiro atoms. The fourth-order valence-electron chi connectivity index (χ4n) is 3.00. The van der Waals surface area contributed by atoms with Crippen LogP contribution in [-0.2, 0) is 17.8 Å². The molecular weight excluding hydrogens is 429 g/mol. The molecular formula is C23H24FN5O2S. The molecule has 1 heterocycles. The maximum atomic E-state index is 13.7. The van der Waals surface area contributed by atoms with E-state index in [0.29, 0.717) is 23.9 Å². The molecule has 166 valence electrons. The number of thioether (sulfide) groups is 1. The van der Waals surface area contributed by atoms with Gasteiger partial charge in [-0.1, -0.05) is 42.1 Å². The third-order valence-electron chi connectivity index (χ3n) is 4.49. The maximum absolute atomic E-state index is 13.7. The Kier molecular flexibility index (Phi) is 8.15. The molecule has 0 aliphatic carbocycles. The van der Waals surface area contributed by atoms with Crippen LogP contribution in [0.15, 0.2) is 66.3 Å². The number of carbonyl (C=O) groups excluding carboxylic acids is 2. The first-order valence-corrected chi connectivity index (χ1v) is 11.0. The summed E-state index contributed by atoms with van der Waals surface area (Å²) in [5, 5.41) is 14.5. The zero-order valence-electron chi connectivity index (χ0n) is 17.7. The predicted molar refractivity (Wildman–Crippen MR) is 123 cm³/mol. The van der Waals surface area contributed by atoms with E-state index in [2.05, 4.69) is 27.4 Å². The number of anilines is 1. The Bertz CT molecular complexity index is 1120. The van der Waals surface area contributed by atoms with Crippen LogP contribution in [0.4, 0.5) is 10.1 Å². The molecule has 2 aromatic carbocycles. The number of hydrogen-bond acceptors (Lipinski definition) is 5. The lowest BCUT2D eigenvalue weighted by molar-refractivity contribution is -0.113. The van der Waals surface area contributed by atoms with Gasteiger partial charge in [0.2, 0.25) is 5.91 Å². The molecule has 0 saturated carbocycles. The second-order valence-corrected chi connectivity index (χ2v) is 7.93. The summed E-state index contributed by atoms with van der Waals surface area (Å²) < 4.78 is 15.6. The normalized spacial score (nSPS) is 10.6. The summed E-state index contributed by atoms with van der Waals surface area (Å²) >= 11 is 1.27. The number of allylic oxidation sites excluding steroid dienone is 1.